The molecule has 7 heteroatoms. The van der Waals surface area contributed by atoms with Gasteiger partial charge in [0.15, 0.2) is 0 Å². The fraction of sp³-hybridized carbons (Fsp3) is 0.350. The molecule has 0 aliphatic carbocycles. The van der Waals surface area contributed by atoms with E-state index in [9.17, 15) is 14.4 Å². The second-order valence-corrected chi connectivity index (χ2v) is 7.62. The van der Waals surface area contributed by atoms with Crippen LogP contribution in [-0.2, 0) is 9.59 Å². The van der Waals surface area contributed by atoms with Gasteiger partial charge in [0.2, 0.25) is 11.8 Å². The van der Waals surface area contributed by atoms with Crippen LogP contribution in [0.3, 0.4) is 0 Å². The maximum atomic E-state index is 12.3. The Kier molecular flexibility index (Phi) is 5.91. The number of likely N-dealkylation sites (N-methyl/N-ethyl adjacent to an activating group) is 1. The molecule has 3 rings (SSSR count). The van der Waals surface area contributed by atoms with Crippen molar-refractivity contribution in [2.45, 2.75) is 25.8 Å². The Morgan fingerprint density at radius 2 is 2.11 bits per heavy atom. The third-order valence-electron chi connectivity index (χ3n) is 4.59. The van der Waals surface area contributed by atoms with Gasteiger partial charge in [0.05, 0.1) is 17.5 Å². The number of rotatable bonds is 6. The van der Waals surface area contributed by atoms with Gasteiger partial charge in [-0.1, -0.05) is 18.2 Å². The molecule has 2 aromatic rings. The van der Waals surface area contributed by atoms with Crippen LogP contribution in [0, 0.1) is 0 Å². The normalized spacial score (nSPS) is 14.9. The van der Waals surface area contributed by atoms with E-state index in [0.717, 1.165) is 24.2 Å². The molecular weight excluding hydrogens is 362 g/mol. The zero-order valence-corrected chi connectivity index (χ0v) is 16.3. The van der Waals surface area contributed by atoms with E-state index >= 15 is 0 Å². The van der Waals surface area contributed by atoms with Gasteiger partial charge >= 0.3 is 0 Å². The molecule has 0 bridgehead atoms. The topological polar surface area (TPSA) is 69.7 Å². The minimum Gasteiger partial charge on any atom is -0.348 e. The lowest BCUT2D eigenvalue weighted by Gasteiger charge is -2.21. The van der Waals surface area contributed by atoms with Gasteiger partial charge in [0.1, 0.15) is 0 Å². The van der Waals surface area contributed by atoms with Crippen molar-refractivity contribution in [3.05, 3.63) is 52.2 Å². The van der Waals surface area contributed by atoms with E-state index in [1.807, 2.05) is 42.6 Å². The first-order chi connectivity index (χ1) is 13.0. The summed E-state index contributed by atoms with van der Waals surface area (Å²) in [5, 5.41) is 4.76. The molecule has 142 valence electrons. The first-order valence-corrected chi connectivity index (χ1v) is 9.82. The summed E-state index contributed by atoms with van der Waals surface area (Å²) in [6.07, 6.45) is 1.46. The SMILES string of the molecule is CC(NC(=O)CN(C)C(=O)c1cccs1)c1cccc(N2CCCC2=O)c1. The van der Waals surface area contributed by atoms with Crippen molar-refractivity contribution in [1.29, 1.82) is 0 Å². The number of amides is 3. The molecule has 1 aliphatic rings. The van der Waals surface area contributed by atoms with Crippen LogP contribution in [0.2, 0.25) is 0 Å². The number of carbonyl (C=O) groups is 3. The van der Waals surface area contributed by atoms with Crippen molar-refractivity contribution in [3.8, 4) is 0 Å². The Balaban J connectivity index is 1.59. The number of nitrogens with zero attached hydrogens (tertiary/aromatic N) is 2. The predicted molar refractivity (Wildman–Crippen MR) is 106 cm³/mol. The lowest BCUT2D eigenvalue weighted by molar-refractivity contribution is -0.122. The van der Waals surface area contributed by atoms with Gasteiger partial charge in [-0.3, -0.25) is 14.4 Å². The number of carbonyl (C=O) groups excluding carboxylic acids is 3. The minimum absolute atomic E-state index is 0.00856. The van der Waals surface area contributed by atoms with Gasteiger partial charge < -0.3 is 15.1 Å². The first kappa shape index (κ1) is 19.1. The fourth-order valence-corrected chi connectivity index (χ4v) is 3.85. The lowest BCUT2D eigenvalue weighted by atomic mass is 10.1. The van der Waals surface area contributed by atoms with Crippen molar-refractivity contribution in [3.63, 3.8) is 0 Å². The van der Waals surface area contributed by atoms with Crippen molar-refractivity contribution in [2.75, 3.05) is 25.0 Å². The average Bonchev–Trinajstić information content (AvgIpc) is 3.32. The van der Waals surface area contributed by atoms with Crippen LogP contribution in [0.1, 0.15) is 41.0 Å². The minimum atomic E-state index is -0.224. The van der Waals surface area contributed by atoms with Gasteiger partial charge in [-0.2, -0.15) is 0 Å². The number of nitrogens with one attached hydrogen (secondary N) is 1. The molecule has 1 aliphatic heterocycles. The number of hydrogen-bond donors (Lipinski definition) is 1. The molecule has 1 saturated heterocycles. The Morgan fingerprint density at radius 1 is 1.30 bits per heavy atom. The zero-order chi connectivity index (χ0) is 19.4. The van der Waals surface area contributed by atoms with Crippen LogP contribution in [0.5, 0.6) is 0 Å². The standard InChI is InChI=1S/C20H23N3O3S/c1-14(15-6-3-7-16(12-15)23-10-4-9-19(23)25)21-18(24)13-22(2)20(26)17-8-5-11-27-17/h3,5-8,11-12,14H,4,9-10,13H2,1-2H3,(H,21,24). The van der Waals surface area contributed by atoms with Gasteiger partial charge in [0, 0.05) is 25.7 Å². The van der Waals surface area contributed by atoms with Crippen LogP contribution in [0.15, 0.2) is 41.8 Å². The fourth-order valence-electron chi connectivity index (χ4n) is 3.13. The predicted octanol–water partition coefficient (Wildman–Crippen LogP) is 2.82. The quantitative estimate of drug-likeness (QED) is 0.831. The molecule has 1 aromatic heterocycles. The summed E-state index contributed by atoms with van der Waals surface area (Å²) < 4.78 is 0. The second-order valence-electron chi connectivity index (χ2n) is 6.67. The number of benzene rings is 1. The average molecular weight is 385 g/mol. The number of thiophene rings is 1. The summed E-state index contributed by atoms with van der Waals surface area (Å²) in [5.41, 5.74) is 1.79. The highest BCUT2D eigenvalue weighted by Gasteiger charge is 2.22. The van der Waals surface area contributed by atoms with E-state index in [2.05, 4.69) is 5.32 Å². The molecule has 1 unspecified atom stereocenters. The number of anilines is 1. The monoisotopic (exact) mass is 385 g/mol. The Labute approximate surface area is 162 Å². The molecule has 0 saturated carbocycles. The van der Waals surface area contributed by atoms with E-state index < -0.39 is 0 Å². The highest BCUT2D eigenvalue weighted by atomic mass is 32.1. The van der Waals surface area contributed by atoms with Crippen LogP contribution < -0.4 is 10.2 Å². The lowest BCUT2D eigenvalue weighted by Crippen LogP contribution is -2.39. The van der Waals surface area contributed by atoms with Crippen molar-refractivity contribution in [2.24, 2.45) is 0 Å². The maximum Gasteiger partial charge on any atom is 0.264 e. The smallest absolute Gasteiger partial charge is 0.264 e. The van der Waals surface area contributed by atoms with E-state index in [1.165, 1.54) is 16.2 Å². The van der Waals surface area contributed by atoms with Gasteiger partial charge in [0.25, 0.3) is 5.91 Å². The van der Waals surface area contributed by atoms with Crippen LogP contribution in [-0.4, -0.2) is 42.8 Å². The summed E-state index contributed by atoms with van der Waals surface area (Å²) >= 11 is 1.36. The summed E-state index contributed by atoms with van der Waals surface area (Å²) in [6, 6.07) is 11.0. The van der Waals surface area contributed by atoms with Gasteiger partial charge in [-0.15, -0.1) is 11.3 Å². The Morgan fingerprint density at radius 3 is 2.78 bits per heavy atom. The highest BCUT2D eigenvalue weighted by Crippen LogP contribution is 2.24. The maximum absolute atomic E-state index is 12.3. The molecule has 2 heterocycles. The Hall–Kier alpha value is -2.67. The number of hydrogen-bond acceptors (Lipinski definition) is 4. The van der Waals surface area contributed by atoms with Crippen molar-refractivity contribution >= 4 is 34.7 Å². The van der Waals surface area contributed by atoms with E-state index in [4.69, 9.17) is 0 Å². The third kappa shape index (κ3) is 4.54. The zero-order valence-electron chi connectivity index (χ0n) is 15.5. The summed E-state index contributed by atoms with van der Waals surface area (Å²) in [6.45, 7) is 2.62. The van der Waals surface area contributed by atoms with E-state index in [1.54, 1.807) is 18.0 Å². The molecule has 1 aromatic carbocycles. The Bertz CT molecular complexity index is 835. The molecule has 0 radical (unpaired) electrons. The van der Waals surface area contributed by atoms with Crippen LogP contribution >= 0.6 is 11.3 Å². The van der Waals surface area contributed by atoms with Gasteiger partial charge in [-0.25, -0.2) is 0 Å². The van der Waals surface area contributed by atoms with Crippen LogP contribution in [0.4, 0.5) is 5.69 Å². The molecule has 1 N–H and O–H groups in total. The largest absolute Gasteiger partial charge is 0.348 e. The highest BCUT2D eigenvalue weighted by molar-refractivity contribution is 7.12. The van der Waals surface area contributed by atoms with Crippen molar-refractivity contribution < 1.29 is 14.4 Å². The molecule has 3 amide bonds. The summed E-state index contributed by atoms with van der Waals surface area (Å²) in [4.78, 5) is 40.3. The van der Waals surface area contributed by atoms with E-state index in [-0.39, 0.29) is 30.3 Å². The first-order valence-electron chi connectivity index (χ1n) is 8.94. The van der Waals surface area contributed by atoms with E-state index in [0.29, 0.717) is 11.3 Å². The van der Waals surface area contributed by atoms with Crippen LogP contribution in [0.25, 0.3) is 0 Å². The molecule has 1 atom stereocenters. The third-order valence-corrected chi connectivity index (χ3v) is 5.45. The summed E-state index contributed by atoms with van der Waals surface area (Å²) in [5.74, 6) is -0.252. The molecule has 27 heavy (non-hydrogen) atoms. The van der Waals surface area contributed by atoms with Gasteiger partial charge in [-0.05, 0) is 42.5 Å². The molecular formula is C20H23N3O3S. The summed E-state index contributed by atoms with van der Waals surface area (Å²) in [7, 11) is 1.62. The molecule has 6 nitrogen and oxygen atoms in total. The molecule has 1 fully saturated rings. The second kappa shape index (κ2) is 8.35. The van der Waals surface area contributed by atoms with Crippen molar-refractivity contribution in [1.82, 2.24) is 10.2 Å². The molecule has 0 spiro atoms.